The van der Waals surface area contributed by atoms with Gasteiger partial charge in [0, 0.05) is 11.5 Å². The van der Waals surface area contributed by atoms with Crippen molar-refractivity contribution in [3.63, 3.8) is 0 Å². The Balaban J connectivity index is 2.28. The van der Waals surface area contributed by atoms with Gasteiger partial charge in [-0.3, -0.25) is 0 Å². The van der Waals surface area contributed by atoms with E-state index in [0.717, 1.165) is 23.6 Å². The molecule has 0 radical (unpaired) electrons. The summed E-state index contributed by atoms with van der Waals surface area (Å²) < 4.78 is 5.71. The first-order valence-electron chi connectivity index (χ1n) is 5.32. The highest BCUT2D eigenvalue weighted by Crippen LogP contribution is 2.24. The van der Waals surface area contributed by atoms with E-state index < -0.39 is 0 Å². The average Bonchev–Trinajstić information content (AvgIpc) is 2.78. The summed E-state index contributed by atoms with van der Waals surface area (Å²) in [7, 11) is 0. The number of benzene rings is 1. The van der Waals surface area contributed by atoms with Crippen molar-refractivity contribution in [2.24, 2.45) is 0 Å². The third-order valence-electron chi connectivity index (χ3n) is 2.62. The molecule has 1 atom stereocenters. The Hall–Kier alpha value is -1.57. The smallest absolute Gasteiger partial charge is 0.197 e. The van der Waals surface area contributed by atoms with Gasteiger partial charge >= 0.3 is 0 Å². The molecule has 0 aliphatic rings. The van der Waals surface area contributed by atoms with Gasteiger partial charge in [-0.05, 0) is 6.42 Å². The lowest BCUT2D eigenvalue weighted by molar-refractivity contribution is 0.462. The molecule has 2 nitrogen and oxygen atoms in total. The van der Waals surface area contributed by atoms with Gasteiger partial charge in [0.2, 0.25) is 0 Å². The highest BCUT2D eigenvalue weighted by molar-refractivity contribution is 5.55. The number of hydrogen-bond acceptors (Lipinski definition) is 2. The van der Waals surface area contributed by atoms with Crippen molar-refractivity contribution in [1.29, 1.82) is 0 Å². The summed E-state index contributed by atoms with van der Waals surface area (Å²) in [6.07, 6.45) is 2.85. The molecule has 1 aromatic carbocycles. The summed E-state index contributed by atoms with van der Waals surface area (Å²) in [5.41, 5.74) is 1.08. The van der Waals surface area contributed by atoms with Crippen LogP contribution < -0.4 is 0 Å². The monoisotopic (exact) mass is 201 g/mol. The van der Waals surface area contributed by atoms with E-state index in [1.54, 1.807) is 6.20 Å². The fraction of sp³-hybridized carbons (Fsp3) is 0.308. The second-order valence-corrected chi connectivity index (χ2v) is 3.74. The van der Waals surface area contributed by atoms with Crippen LogP contribution in [0.15, 0.2) is 40.9 Å². The normalized spacial score (nSPS) is 12.7. The molecule has 0 amide bonds. The van der Waals surface area contributed by atoms with Crippen LogP contribution >= 0.6 is 0 Å². The van der Waals surface area contributed by atoms with Gasteiger partial charge in [0.25, 0.3) is 0 Å². The fourth-order valence-electron chi connectivity index (χ4n) is 1.43. The van der Waals surface area contributed by atoms with E-state index in [-0.39, 0.29) is 0 Å². The van der Waals surface area contributed by atoms with Crippen LogP contribution in [-0.2, 0) is 0 Å². The second kappa shape index (κ2) is 4.30. The van der Waals surface area contributed by atoms with E-state index in [9.17, 15) is 0 Å². The molecule has 0 saturated heterocycles. The lowest BCUT2D eigenvalue weighted by atomic mass is 10.1. The number of nitrogens with zero attached hydrogens (tertiary/aromatic N) is 1. The quantitative estimate of drug-likeness (QED) is 0.753. The third kappa shape index (κ3) is 2.09. The first-order valence-corrected chi connectivity index (χ1v) is 5.32. The average molecular weight is 201 g/mol. The van der Waals surface area contributed by atoms with E-state index in [4.69, 9.17) is 4.42 Å². The van der Waals surface area contributed by atoms with Crippen LogP contribution in [0.4, 0.5) is 0 Å². The minimum Gasteiger partial charge on any atom is -0.440 e. The number of aromatic nitrogens is 1. The minimum absolute atomic E-state index is 0.391. The van der Waals surface area contributed by atoms with Crippen molar-refractivity contribution >= 4 is 0 Å². The molecule has 1 unspecified atom stereocenters. The molecule has 2 aromatic rings. The van der Waals surface area contributed by atoms with Crippen LogP contribution in [0.2, 0.25) is 0 Å². The van der Waals surface area contributed by atoms with Crippen molar-refractivity contribution in [2.45, 2.75) is 26.2 Å². The molecule has 78 valence electrons. The molecule has 0 spiro atoms. The van der Waals surface area contributed by atoms with E-state index in [1.807, 2.05) is 30.3 Å². The van der Waals surface area contributed by atoms with Gasteiger partial charge < -0.3 is 4.42 Å². The molecule has 2 heteroatoms. The molecule has 0 saturated carbocycles. The van der Waals surface area contributed by atoms with Crippen LogP contribution in [-0.4, -0.2) is 4.98 Å². The molecule has 0 fully saturated rings. The molecule has 0 aliphatic heterocycles. The molecule has 0 N–H and O–H groups in total. The summed E-state index contributed by atoms with van der Waals surface area (Å²) >= 11 is 0. The Morgan fingerprint density at radius 1 is 1.27 bits per heavy atom. The minimum atomic E-state index is 0.391. The van der Waals surface area contributed by atoms with Crippen LogP contribution in [0.1, 0.15) is 32.1 Å². The summed E-state index contributed by atoms with van der Waals surface area (Å²) in [5, 5.41) is 0. The maximum absolute atomic E-state index is 5.71. The Morgan fingerprint density at radius 2 is 2.00 bits per heavy atom. The first-order chi connectivity index (χ1) is 7.31. The predicted octanol–water partition coefficient (Wildman–Crippen LogP) is 3.86. The number of rotatable bonds is 3. The van der Waals surface area contributed by atoms with Gasteiger partial charge in [0.05, 0.1) is 6.20 Å². The maximum Gasteiger partial charge on any atom is 0.197 e. The van der Waals surface area contributed by atoms with Gasteiger partial charge in [0.15, 0.2) is 11.7 Å². The summed E-state index contributed by atoms with van der Waals surface area (Å²) in [5.74, 6) is 2.07. The van der Waals surface area contributed by atoms with Crippen LogP contribution in [0.25, 0.3) is 11.3 Å². The highest BCUT2D eigenvalue weighted by atomic mass is 16.4. The SMILES string of the molecule is CCC(C)c1ncc(-c2ccccc2)o1. The maximum atomic E-state index is 5.71. The van der Waals surface area contributed by atoms with Gasteiger partial charge in [-0.1, -0.05) is 44.2 Å². The topological polar surface area (TPSA) is 26.0 Å². The second-order valence-electron chi connectivity index (χ2n) is 3.74. The van der Waals surface area contributed by atoms with Crippen molar-refractivity contribution in [1.82, 2.24) is 4.98 Å². The van der Waals surface area contributed by atoms with Crippen molar-refractivity contribution in [3.05, 3.63) is 42.4 Å². The van der Waals surface area contributed by atoms with Crippen LogP contribution in [0.5, 0.6) is 0 Å². The third-order valence-corrected chi connectivity index (χ3v) is 2.62. The fourth-order valence-corrected chi connectivity index (χ4v) is 1.43. The Bertz CT molecular complexity index is 419. The Labute approximate surface area is 90.0 Å². The molecule has 0 bridgehead atoms. The van der Waals surface area contributed by atoms with E-state index in [2.05, 4.69) is 18.8 Å². The number of hydrogen-bond donors (Lipinski definition) is 0. The largest absolute Gasteiger partial charge is 0.440 e. The molecular formula is C13H15NO. The van der Waals surface area contributed by atoms with Crippen molar-refractivity contribution in [3.8, 4) is 11.3 Å². The zero-order chi connectivity index (χ0) is 10.7. The molecule has 15 heavy (non-hydrogen) atoms. The van der Waals surface area contributed by atoms with Crippen molar-refractivity contribution in [2.75, 3.05) is 0 Å². The lowest BCUT2D eigenvalue weighted by Gasteiger charge is -2.01. The molecular weight excluding hydrogens is 186 g/mol. The molecule has 2 rings (SSSR count). The van der Waals surface area contributed by atoms with Gasteiger partial charge in [-0.25, -0.2) is 4.98 Å². The summed E-state index contributed by atoms with van der Waals surface area (Å²) in [6, 6.07) is 10.1. The van der Waals surface area contributed by atoms with E-state index in [1.165, 1.54) is 0 Å². The van der Waals surface area contributed by atoms with Crippen LogP contribution in [0, 0.1) is 0 Å². The molecule has 1 aromatic heterocycles. The van der Waals surface area contributed by atoms with Crippen molar-refractivity contribution < 1.29 is 4.42 Å². The number of oxazole rings is 1. The highest BCUT2D eigenvalue weighted by Gasteiger charge is 2.10. The Kier molecular flexibility index (Phi) is 2.86. The first kappa shape index (κ1) is 9.97. The van der Waals surface area contributed by atoms with Gasteiger partial charge in [-0.15, -0.1) is 0 Å². The van der Waals surface area contributed by atoms with E-state index in [0.29, 0.717) is 5.92 Å². The van der Waals surface area contributed by atoms with E-state index >= 15 is 0 Å². The zero-order valence-corrected chi connectivity index (χ0v) is 9.10. The zero-order valence-electron chi connectivity index (χ0n) is 9.10. The van der Waals surface area contributed by atoms with Gasteiger partial charge in [0.1, 0.15) is 0 Å². The van der Waals surface area contributed by atoms with Crippen LogP contribution in [0.3, 0.4) is 0 Å². The molecule has 0 aliphatic carbocycles. The molecule has 1 heterocycles. The van der Waals surface area contributed by atoms with Gasteiger partial charge in [-0.2, -0.15) is 0 Å². The standard InChI is InChI=1S/C13H15NO/c1-3-10(2)13-14-9-12(15-13)11-7-5-4-6-8-11/h4-10H,3H2,1-2H3. The summed E-state index contributed by atoms with van der Waals surface area (Å²) in [4.78, 5) is 4.30. The Morgan fingerprint density at radius 3 is 2.67 bits per heavy atom. The summed E-state index contributed by atoms with van der Waals surface area (Å²) in [6.45, 7) is 4.26. The lowest BCUT2D eigenvalue weighted by Crippen LogP contribution is -1.89. The predicted molar refractivity (Wildman–Crippen MR) is 60.6 cm³/mol.